The SMILES string of the molecule is CC(C)CCNC(=O)C[C@H]1C(=O)N(Cc2ccccc2)[C@@H](C)c2nc3ccccc3n21. The molecule has 6 nitrogen and oxygen atoms in total. The van der Waals surface area contributed by atoms with Crippen LogP contribution in [-0.4, -0.2) is 32.8 Å². The number of aromatic nitrogens is 2. The molecule has 0 spiro atoms. The molecule has 0 bridgehead atoms. The van der Waals surface area contributed by atoms with Crippen LogP contribution in [-0.2, 0) is 16.1 Å². The molecule has 0 saturated carbocycles. The molecule has 0 aliphatic carbocycles. The number of carbonyl (C=O) groups is 2. The molecule has 2 atom stereocenters. The van der Waals surface area contributed by atoms with E-state index in [9.17, 15) is 9.59 Å². The number of para-hydroxylation sites is 2. The highest BCUT2D eigenvalue weighted by Crippen LogP contribution is 2.37. The Morgan fingerprint density at radius 3 is 2.55 bits per heavy atom. The van der Waals surface area contributed by atoms with Gasteiger partial charge in [0.05, 0.1) is 23.5 Å². The van der Waals surface area contributed by atoms with Crippen LogP contribution in [0.15, 0.2) is 54.6 Å². The molecule has 2 amide bonds. The van der Waals surface area contributed by atoms with Gasteiger partial charge >= 0.3 is 0 Å². The first kappa shape index (κ1) is 21.1. The van der Waals surface area contributed by atoms with E-state index in [1.54, 1.807) is 0 Å². The average molecular weight is 419 g/mol. The molecule has 162 valence electrons. The van der Waals surface area contributed by atoms with E-state index in [1.807, 2.05) is 71.0 Å². The van der Waals surface area contributed by atoms with Crippen molar-refractivity contribution in [3.8, 4) is 0 Å². The second kappa shape index (κ2) is 8.92. The zero-order chi connectivity index (χ0) is 22.0. The maximum absolute atomic E-state index is 13.7. The van der Waals surface area contributed by atoms with Gasteiger partial charge < -0.3 is 14.8 Å². The van der Waals surface area contributed by atoms with E-state index < -0.39 is 6.04 Å². The lowest BCUT2D eigenvalue weighted by Gasteiger charge is -2.38. The molecule has 6 heteroatoms. The maximum atomic E-state index is 13.7. The molecule has 2 aromatic carbocycles. The van der Waals surface area contributed by atoms with Gasteiger partial charge in [-0.25, -0.2) is 4.98 Å². The normalized spacial score (nSPS) is 18.5. The largest absolute Gasteiger partial charge is 0.356 e. The summed E-state index contributed by atoms with van der Waals surface area (Å²) in [5.74, 6) is 1.21. The molecule has 1 aliphatic heterocycles. The second-order valence-corrected chi connectivity index (χ2v) is 8.71. The van der Waals surface area contributed by atoms with Crippen LogP contribution in [0.25, 0.3) is 11.0 Å². The summed E-state index contributed by atoms with van der Waals surface area (Å²) in [6.07, 6.45) is 1.03. The Kier molecular flexibility index (Phi) is 6.07. The first-order valence-corrected chi connectivity index (χ1v) is 11.0. The number of nitrogens with one attached hydrogen (secondary N) is 1. The molecule has 0 unspecified atom stereocenters. The zero-order valence-electron chi connectivity index (χ0n) is 18.4. The Bertz CT molecular complexity index is 1070. The van der Waals surface area contributed by atoms with Gasteiger partial charge in [0.1, 0.15) is 11.9 Å². The predicted octanol–water partition coefficient (Wildman–Crippen LogP) is 4.23. The number of benzene rings is 2. The van der Waals surface area contributed by atoms with Crippen LogP contribution >= 0.6 is 0 Å². The first-order valence-electron chi connectivity index (χ1n) is 11.0. The van der Waals surface area contributed by atoms with Gasteiger partial charge in [0.25, 0.3) is 0 Å². The lowest BCUT2D eigenvalue weighted by atomic mass is 10.0. The Balaban J connectivity index is 1.67. The van der Waals surface area contributed by atoms with Crippen molar-refractivity contribution in [2.24, 2.45) is 5.92 Å². The lowest BCUT2D eigenvalue weighted by Crippen LogP contribution is -2.46. The molecule has 1 aromatic heterocycles. The van der Waals surface area contributed by atoms with Gasteiger partial charge in [-0.1, -0.05) is 56.3 Å². The molecule has 1 N–H and O–H groups in total. The van der Waals surface area contributed by atoms with Crippen LogP contribution in [0, 0.1) is 5.92 Å². The number of hydrogen-bond donors (Lipinski definition) is 1. The van der Waals surface area contributed by atoms with E-state index in [4.69, 9.17) is 4.98 Å². The molecule has 0 radical (unpaired) electrons. The van der Waals surface area contributed by atoms with Gasteiger partial charge in [0, 0.05) is 13.1 Å². The average Bonchev–Trinajstić information content (AvgIpc) is 3.14. The maximum Gasteiger partial charge on any atom is 0.247 e. The number of hydrogen-bond acceptors (Lipinski definition) is 3. The van der Waals surface area contributed by atoms with Crippen molar-refractivity contribution in [3.05, 3.63) is 66.0 Å². The molecule has 1 aliphatic rings. The van der Waals surface area contributed by atoms with Crippen molar-refractivity contribution in [2.75, 3.05) is 6.54 Å². The summed E-state index contributed by atoms with van der Waals surface area (Å²) in [6.45, 7) is 7.39. The van der Waals surface area contributed by atoms with Crippen molar-refractivity contribution in [1.29, 1.82) is 0 Å². The van der Waals surface area contributed by atoms with Crippen molar-refractivity contribution >= 4 is 22.8 Å². The van der Waals surface area contributed by atoms with E-state index in [0.29, 0.717) is 19.0 Å². The van der Waals surface area contributed by atoms with Crippen LogP contribution in [0.3, 0.4) is 0 Å². The van der Waals surface area contributed by atoms with Crippen LogP contribution in [0.4, 0.5) is 0 Å². The fourth-order valence-electron chi connectivity index (χ4n) is 4.24. The molecule has 0 saturated heterocycles. The smallest absolute Gasteiger partial charge is 0.247 e. The van der Waals surface area contributed by atoms with Gasteiger partial charge in [-0.2, -0.15) is 0 Å². The van der Waals surface area contributed by atoms with Gasteiger partial charge in [-0.3, -0.25) is 9.59 Å². The minimum Gasteiger partial charge on any atom is -0.356 e. The van der Waals surface area contributed by atoms with Crippen molar-refractivity contribution in [2.45, 2.75) is 52.2 Å². The van der Waals surface area contributed by atoms with Crippen LogP contribution in [0.5, 0.6) is 0 Å². The van der Waals surface area contributed by atoms with Crippen LogP contribution in [0.1, 0.15) is 57.1 Å². The zero-order valence-corrected chi connectivity index (χ0v) is 18.4. The van der Waals surface area contributed by atoms with Crippen LogP contribution < -0.4 is 5.32 Å². The molecule has 4 rings (SSSR count). The number of rotatable bonds is 7. The monoisotopic (exact) mass is 418 g/mol. The Morgan fingerprint density at radius 2 is 1.81 bits per heavy atom. The topological polar surface area (TPSA) is 67.2 Å². The van der Waals surface area contributed by atoms with Crippen LogP contribution in [0.2, 0.25) is 0 Å². The molecule has 0 fully saturated rings. The molecule has 2 heterocycles. The van der Waals surface area contributed by atoms with E-state index in [2.05, 4.69) is 19.2 Å². The van der Waals surface area contributed by atoms with E-state index in [1.165, 1.54) is 0 Å². The number of amides is 2. The number of carbonyl (C=O) groups excluding carboxylic acids is 2. The van der Waals surface area contributed by atoms with Gasteiger partial charge in [0.2, 0.25) is 11.8 Å². The predicted molar refractivity (Wildman–Crippen MR) is 121 cm³/mol. The van der Waals surface area contributed by atoms with E-state index in [0.717, 1.165) is 28.8 Å². The number of imidazole rings is 1. The van der Waals surface area contributed by atoms with Gasteiger partial charge in [0.15, 0.2) is 0 Å². The quantitative estimate of drug-likeness (QED) is 0.624. The van der Waals surface area contributed by atoms with E-state index >= 15 is 0 Å². The van der Waals surface area contributed by atoms with Crippen molar-refractivity contribution in [3.63, 3.8) is 0 Å². The van der Waals surface area contributed by atoms with Crippen molar-refractivity contribution < 1.29 is 9.59 Å². The third-order valence-corrected chi connectivity index (χ3v) is 5.96. The minimum atomic E-state index is -0.596. The summed E-state index contributed by atoms with van der Waals surface area (Å²) in [6, 6.07) is 17.0. The summed E-state index contributed by atoms with van der Waals surface area (Å²) in [7, 11) is 0. The Morgan fingerprint density at radius 1 is 1.10 bits per heavy atom. The summed E-state index contributed by atoms with van der Waals surface area (Å²) < 4.78 is 1.98. The minimum absolute atomic E-state index is 0.0361. The number of nitrogens with zero attached hydrogens (tertiary/aromatic N) is 3. The molecule has 3 aromatic rings. The highest BCUT2D eigenvalue weighted by atomic mass is 16.2. The number of fused-ring (bicyclic) bond motifs is 3. The Hall–Kier alpha value is -3.15. The summed E-state index contributed by atoms with van der Waals surface area (Å²) in [5.41, 5.74) is 2.81. The van der Waals surface area contributed by atoms with Crippen molar-refractivity contribution in [1.82, 2.24) is 19.8 Å². The summed E-state index contributed by atoms with van der Waals surface area (Å²) in [5, 5.41) is 2.99. The lowest BCUT2D eigenvalue weighted by molar-refractivity contribution is -0.142. The highest BCUT2D eigenvalue weighted by molar-refractivity contribution is 5.90. The standard InChI is InChI=1S/C25H30N4O2/c1-17(2)13-14-26-23(30)15-22-25(31)28(16-19-9-5-4-6-10-19)18(3)24-27-20-11-7-8-12-21(20)29(22)24/h4-12,17-18,22H,13-16H2,1-3H3,(H,26,30)/t18-,22-/m0/s1. The first-order chi connectivity index (χ1) is 15.0. The third-order valence-electron chi connectivity index (χ3n) is 5.96. The third kappa shape index (κ3) is 4.33. The fourth-order valence-corrected chi connectivity index (χ4v) is 4.24. The molecular formula is C25H30N4O2. The van der Waals surface area contributed by atoms with Gasteiger partial charge in [-0.05, 0) is 37.0 Å². The van der Waals surface area contributed by atoms with E-state index in [-0.39, 0.29) is 24.3 Å². The summed E-state index contributed by atoms with van der Waals surface area (Å²) >= 11 is 0. The van der Waals surface area contributed by atoms with Gasteiger partial charge in [-0.15, -0.1) is 0 Å². The second-order valence-electron chi connectivity index (χ2n) is 8.71. The summed E-state index contributed by atoms with van der Waals surface area (Å²) in [4.78, 5) is 33.1. The fraction of sp³-hybridized carbons (Fsp3) is 0.400. The molecular weight excluding hydrogens is 388 g/mol. The molecule has 31 heavy (non-hydrogen) atoms. The Labute approximate surface area is 183 Å². The highest BCUT2D eigenvalue weighted by Gasteiger charge is 2.40.